The standard InChI is InChI=1S/C32H38/c1-3-4-6-9-26-12-16-29(17-13-26)31-20-22-32(23-21-31)30-18-14-27(15-19-30)24-25(2)28-10-7-5-8-11-28/h3-5,7-8,10-11,14-15,18-23,25-26,29H,6,9,12-13,16-17,24H2,1-2H3/b4-3+/t25-,26?,29?/m0/s1. The summed E-state index contributed by atoms with van der Waals surface area (Å²) >= 11 is 0. The van der Waals surface area contributed by atoms with Crippen LogP contribution in [0.1, 0.15) is 80.9 Å². The molecule has 0 heterocycles. The summed E-state index contributed by atoms with van der Waals surface area (Å²) in [7, 11) is 0. The molecule has 4 rings (SSSR count). The van der Waals surface area contributed by atoms with E-state index in [0.717, 1.165) is 18.3 Å². The van der Waals surface area contributed by atoms with Crippen molar-refractivity contribution < 1.29 is 0 Å². The van der Waals surface area contributed by atoms with Crippen molar-refractivity contribution >= 4 is 0 Å². The van der Waals surface area contributed by atoms with Gasteiger partial charge in [0.05, 0.1) is 0 Å². The van der Waals surface area contributed by atoms with Crippen molar-refractivity contribution in [3.63, 3.8) is 0 Å². The fourth-order valence-corrected chi connectivity index (χ4v) is 5.32. The fourth-order valence-electron chi connectivity index (χ4n) is 5.32. The largest absolute Gasteiger partial charge is 0.0917 e. The highest BCUT2D eigenvalue weighted by atomic mass is 14.3. The Balaban J connectivity index is 1.32. The molecule has 32 heavy (non-hydrogen) atoms. The smallest absolute Gasteiger partial charge is 0.0150 e. The highest BCUT2D eigenvalue weighted by molar-refractivity contribution is 5.64. The SMILES string of the molecule is C/C=C/CCC1CCC(c2ccc(-c3ccc(C[C@H](C)c4ccccc4)cc3)cc2)CC1. The third-order valence-corrected chi connectivity index (χ3v) is 7.40. The van der Waals surface area contributed by atoms with E-state index in [1.165, 1.54) is 66.3 Å². The second-order valence-corrected chi connectivity index (χ2v) is 9.70. The van der Waals surface area contributed by atoms with Gasteiger partial charge in [0.1, 0.15) is 0 Å². The summed E-state index contributed by atoms with van der Waals surface area (Å²) in [4.78, 5) is 0. The lowest BCUT2D eigenvalue weighted by Crippen LogP contribution is -2.13. The Hall–Kier alpha value is -2.60. The van der Waals surface area contributed by atoms with E-state index in [2.05, 4.69) is 105 Å². The molecule has 0 spiro atoms. The van der Waals surface area contributed by atoms with E-state index in [0.29, 0.717) is 5.92 Å². The van der Waals surface area contributed by atoms with Crippen LogP contribution in [-0.4, -0.2) is 0 Å². The van der Waals surface area contributed by atoms with Crippen molar-refractivity contribution in [2.45, 2.75) is 70.6 Å². The van der Waals surface area contributed by atoms with Crippen LogP contribution in [0.2, 0.25) is 0 Å². The first-order valence-electron chi connectivity index (χ1n) is 12.6. The molecule has 1 atom stereocenters. The van der Waals surface area contributed by atoms with Gasteiger partial charge >= 0.3 is 0 Å². The zero-order valence-corrected chi connectivity index (χ0v) is 19.8. The Labute approximate surface area is 195 Å². The molecule has 0 amide bonds. The molecule has 1 fully saturated rings. The van der Waals surface area contributed by atoms with Crippen LogP contribution in [0.25, 0.3) is 11.1 Å². The van der Waals surface area contributed by atoms with Crippen molar-refractivity contribution in [1.29, 1.82) is 0 Å². The van der Waals surface area contributed by atoms with Gasteiger partial charge < -0.3 is 0 Å². The van der Waals surface area contributed by atoms with Gasteiger partial charge in [0.2, 0.25) is 0 Å². The Kier molecular flexibility index (Phi) is 7.99. The van der Waals surface area contributed by atoms with Crippen LogP contribution in [0, 0.1) is 5.92 Å². The number of benzene rings is 3. The maximum absolute atomic E-state index is 2.38. The van der Waals surface area contributed by atoms with E-state index in [9.17, 15) is 0 Å². The molecule has 0 aliphatic heterocycles. The second-order valence-electron chi connectivity index (χ2n) is 9.70. The number of hydrogen-bond acceptors (Lipinski definition) is 0. The van der Waals surface area contributed by atoms with Crippen LogP contribution in [0.4, 0.5) is 0 Å². The fraction of sp³-hybridized carbons (Fsp3) is 0.375. The maximum Gasteiger partial charge on any atom is -0.0150 e. The van der Waals surface area contributed by atoms with E-state index in [4.69, 9.17) is 0 Å². The van der Waals surface area contributed by atoms with Gasteiger partial charge in [-0.25, -0.2) is 0 Å². The summed E-state index contributed by atoms with van der Waals surface area (Å²) in [6.07, 6.45) is 13.7. The van der Waals surface area contributed by atoms with Crippen LogP contribution < -0.4 is 0 Å². The topological polar surface area (TPSA) is 0 Å². The quantitative estimate of drug-likeness (QED) is 0.317. The Bertz CT molecular complexity index is 955. The van der Waals surface area contributed by atoms with Crippen molar-refractivity contribution in [2.75, 3.05) is 0 Å². The minimum absolute atomic E-state index is 0.541. The van der Waals surface area contributed by atoms with Crippen molar-refractivity contribution in [1.82, 2.24) is 0 Å². The Morgan fingerprint density at radius 2 is 1.41 bits per heavy atom. The number of hydrogen-bond donors (Lipinski definition) is 0. The molecule has 0 nitrogen and oxygen atoms in total. The highest BCUT2D eigenvalue weighted by Crippen LogP contribution is 2.38. The summed E-state index contributed by atoms with van der Waals surface area (Å²) in [6, 6.07) is 29.4. The summed E-state index contributed by atoms with van der Waals surface area (Å²) in [5.41, 5.74) is 7.01. The Morgan fingerprint density at radius 1 is 0.781 bits per heavy atom. The maximum atomic E-state index is 2.38. The summed E-state index contributed by atoms with van der Waals surface area (Å²) in [6.45, 7) is 4.44. The molecule has 0 heteroatoms. The van der Waals surface area contributed by atoms with Crippen LogP contribution in [0.15, 0.2) is 91.0 Å². The molecule has 3 aromatic rings. The first-order chi connectivity index (χ1) is 15.7. The number of rotatable bonds is 8. The molecule has 166 valence electrons. The van der Waals surface area contributed by atoms with Crippen molar-refractivity contribution in [3.8, 4) is 11.1 Å². The Morgan fingerprint density at radius 3 is 2.03 bits per heavy atom. The van der Waals surface area contributed by atoms with Crippen LogP contribution in [-0.2, 0) is 6.42 Å². The molecule has 0 N–H and O–H groups in total. The van der Waals surface area contributed by atoms with Gasteiger partial charge in [0.15, 0.2) is 0 Å². The molecule has 0 saturated heterocycles. The average Bonchev–Trinajstić information content (AvgIpc) is 2.86. The molecule has 1 aliphatic rings. The van der Waals surface area contributed by atoms with Crippen molar-refractivity contribution in [3.05, 3.63) is 108 Å². The first kappa shape index (κ1) is 22.6. The summed E-state index contributed by atoms with van der Waals surface area (Å²) < 4.78 is 0. The molecule has 1 aliphatic carbocycles. The van der Waals surface area contributed by atoms with Crippen LogP contribution in [0.3, 0.4) is 0 Å². The van der Waals surface area contributed by atoms with E-state index < -0.39 is 0 Å². The number of allylic oxidation sites excluding steroid dienone is 2. The average molecular weight is 423 g/mol. The first-order valence-corrected chi connectivity index (χ1v) is 12.6. The monoisotopic (exact) mass is 422 g/mol. The lowest BCUT2D eigenvalue weighted by Gasteiger charge is -2.28. The molecule has 0 unspecified atom stereocenters. The predicted octanol–water partition coefficient (Wildman–Crippen LogP) is 9.33. The lowest BCUT2D eigenvalue weighted by molar-refractivity contribution is 0.312. The van der Waals surface area contributed by atoms with E-state index in [-0.39, 0.29) is 0 Å². The highest BCUT2D eigenvalue weighted by Gasteiger charge is 2.21. The lowest BCUT2D eigenvalue weighted by atomic mass is 9.77. The molecule has 1 saturated carbocycles. The third-order valence-electron chi connectivity index (χ3n) is 7.40. The van der Waals surface area contributed by atoms with Crippen LogP contribution in [0.5, 0.6) is 0 Å². The normalized spacial score (nSPS) is 19.8. The molecular weight excluding hydrogens is 384 g/mol. The molecule has 0 bridgehead atoms. The predicted molar refractivity (Wildman–Crippen MR) is 139 cm³/mol. The van der Waals surface area contributed by atoms with Crippen molar-refractivity contribution in [2.24, 2.45) is 5.92 Å². The molecular formula is C32H38. The van der Waals surface area contributed by atoms with Gasteiger partial charge in [-0.2, -0.15) is 0 Å². The molecule has 3 aromatic carbocycles. The van der Waals surface area contributed by atoms with Gasteiger partial charge in [-0.15, -0.1) is 0 Å². The van der Waals surface area contributed by atoms with E-state index in [1.54, 1.807) is 0 Å². The van der Waals surface area contributed by atoms with Gasteiger partial charge in [-0.05, 0) is 97.4 Å². The van der Waals surface area contributed by atoms with Gasteiger partial charge in [0, 0.05) is 0 Å². The van der Waals surface area contributed by atoms with E-state index in [1.807, 2.05) is 0 Å². The zero-order chi connectivity index (χ0) is 22.2. The van der Waals surface area contributed by atoms with Gasteiger partial charge in [-0.1, -0.05) is 97.9 Å². The third kappa shape index (κ3) is 6.00. The van der Waals surface area contributed by atoms with Gasteiger partial charge in [-0.3, -0.25) is 0 Å². The summed E-state index contributed by atoms with van der Waals surface area (Å²) in [5, 5.41) is 0. The van der Waals surface area contributed by atoms with E-state index >= 15 is 0 Å². The minimum Gasteiger partial charge on any atom is -0.0917 e. The van der Waals surface area contributed by atoms with Crippen LogP contribution >= 0.6 is 0 Å². The zero-order valence-electron chi connectivity index (χ0n) is 19.8. The molecule has 0 aromatic heterocycles. The summed E-state index contributed by atoms with van der Waals surface area (Å²) in [5.74, 6) is 2.23. The minimum atomic E-state index is 0.541. The van der Waals surface area contributed by atoms with Gasteiger partial charge in [0.25, 0.3) is 0 Å². The second kappa shape index (κ2) is 11.3. The molecule has 0 radical (unpaired) electrons.